The maximum atomic E-state index is 14.9. The second kappa shape index (κ2) is 9.69. The number of imidazole rings is 1. The molecule has 1 fully saturated rings. The van der Waals surface area contributed by atoms with E-state index < -0.39 is 23.7 Å². The number of benzene rings is 1. The lowest BCUT2D eigenvalue weighted by Crippen LogP contribution is -2.46. The molecule has 1 aliphatic heterocycles. The van der Waals surface area contributed by atoms with Crippen molar-refractivity contribution in [2.75, 3.05) is 29.9 Å². The quantitative estimate of drug-likeness (QED) is 0.396. The van der Waals surface area contributed by atoms with Gasteiger partial charge in [0, 0.05) is 18.2 Å². The highest BCUT2D eigenvalue weighted by Crippen LogP contribution is 2.30. The SMILES string of the molecule is Cc1nc2c(F)cc(-c3nc(Nc4ccc(N5CCO[C@@H](C(=O)O)C5)cn4)ncc3F)cc2n1C(C)C. The fourth-order valence-corrected chi connectivity index (χ4v) is 4.48. The summed E-state index contributed by atoms with van der Waals surface area (Å²) in [6.45, 7) is 6.78. The van der Waals surface area contributed by atoms with Crippen LogP contribution in [-0.2, 0) is 9.53 Å². The molecule has 0 amide bonds. The number of morpholine rings is 1. The lowest BCUT2D eigenvalue weighted by atomic mass is 10.1. The van der Waals surface area contributed by atoms with Crippen molar-refractivity contribution in [1.82, 2.24) is 24.5 Å². The Morgan fingerprint density at radius 1 is 1.16 bits per heavy atom. The van der Waals surface area contributed by atoms with Gasteiger partial charge in [-0.1, -0.05) is 0 Å². The number of nitrogens with zero attached hydrogens (tertiary/aromatic N) is 6. The highest BCUT2D eigenvalue weighted by atomic mass is 19.1. The third kappa shape index (κ3) is 4.79. The van der Waals surface area contributed by atoms with Gasteiger partial charge in [0.2, 0.25) is 5.95 Å². The fourth-order valence-electron chi connectivity index (χ4n) is 4.48. The van der Waals surface area contributed by atoms with E-state index in [2.05, 4.69) is 25.3 Å². The number of carbonyl (C=O) groups is 1. The van der Waals surface area contributed by atoms with Crippen LogP contribution >= 0.6 is 0 Å². The molecule has 0 bridgehead atoms. The van der Waals surface area contributed by atoms with Crippen molar-refractivity contribution >= 4 is 34.5 Å². The number of pyridine rings is 1. The Balaban J connectivity index is 1.40. The van der Waals surface area contributed by atoms with Crippen LogP contribution < -0.4 is 10.2 Å². The first-order valence-corrected chi connectivity index (χ1v) is 11.7. The molecule has 4 aromatic rings. The van der Waals surface area contributed by atoms with Crippen molar-refractivity contribution in [3.05, 3.63) is 54.1 Å². The van der Waals surface area contributed by atoms with Crippen molar-refractivity contribution < 1.29 is 23.4 Å². The van der Waals surface area contributed by atoms with Crippen LogP contribution in [0.1, 0.15) is 25.7 Å². The molecule has 2 N–H and O–H groups in total. The van der Waals surface area contributed by atoms with Crippen LogP contribution in [0.3, 0.4) is 0 Å². The molecular formula is C25H25F2N7O3. The Morgan fingerprint density at radius 2 is 1.97 bits per heavy atom. The zero-order valence-corrected chi connectivity index (χ0v) is 20.4. The second-order valence-electron chi connectivity index (χ2n) is 9.01. The molecule has 3 aromatic heterocycles. The summed E-state index contributed by atoms with van der Waals surface area (Å²) in [6.07, 6.45) is 1.71. The van der Waals surface area contributed by atoms with Crippen molar-refractivity contribution in [1.29, 1.82) is 0 Å². The van der Waals surface area contributed by atoms with Gasteiger partial charge < -0.3 is 24.6 Å². The number of halogens is 2. The summed E-state index contributed by atoms with van der Waals surface area (Å²) >= 11 is 0. The van der Waals surface area contributed by atoms with Crippen molar-refractivity contribution in [3.63, 3.8) is 0 Å². The monoisotopic (exact) mass is 509 g/mol. The van der Waals surface area contributed by atoms with Gasteiger partial charge in [0.25, 0.3) is 0 Å². The molecule has 0 aliphatic carbocycles. The topological polar surface area (TPSA) is 118 Å². The number of aliphatic carboxylic acids is 1. The molecule has 4 heterocycles. The number of hydrogen-bond donors (Lipinski definition) is 2. The summed E-state index contributed by atoms with van der Waals surface area (Å²) in [7, 11) is 0. The maximum Gasteiger partial charge on any atom is 0.334 e. The Labute approximate surface area is 211 Å². The fraction of sp³-hybridized carbons (Fsp3) is 0.320. The van der Waals surface area contributed by atoms with E-state index in [1.807, 2.05) is 23.3 Å². The number of anilines is 3. The van der Waals surface area contributed by atoms with Gasteiger partial charge in [-0.3, -0.25) is 0 Å². The van der Waals surface area contributed by atoms with E-state index in [9.17, 15) is 18.7 Å². The lowest BCUT2D eigenvalue weighted by Gasteiger charge is -2.32. The molecule has 192 valence electrons. The van der Waals surface area contributed by atoms with E-state index in [1.165, 1.54) is 6.07 Å². The number of nitrogens with one attached hydrogen (secondary N) is 1. The van der Waals surface area contributed by atoms with Crippen LogP contribution in [0.2, 0.25) is 0 Å². The zero-order chi connectivity index (χ0) is 26.3. The van der Waals surface area contributed by atoms with Crippen molar-refractivity contribution in [2.24, 2.45) is 0 Å². The first-order chi connectivity index (χ1) is 17.7. The number of fused-ring (bicyclic) bond motifs is 1. The summed E-state index contributed by atoms with van der Waals surface area (Å²) in [5.74, 6) is -1.12. The molecule has 0 spiro atoms. The zero-order valence-electron chi connectivity index (χ0n) is 20.4. The number of carboxylic acid groups (broad SMARTS) is 1. The third-order valence-electron chi connectivity index (χ3n) is 6.15. The molecule has 0 radical (unpaired) electrons. The molecule has 1 aliphatic rings. The smallest absolute Gasteiger partial charge is 0.334 e. The van der Waals surface area contributed by atoms with Crippen LogP contribution in [-0.4, -0.2) is 61.4 Å². The van der Waals surface area contributed by atoms with Gasteiger partial charge in [-0.25, -0.2) is 33.5 Å². The lowest BCUT2D eigenvalue weighted by molar-refractivity contribution is -0.150. The highest BCUT2D eigenvalue weighted by Gasteiger charge is 2.26. The van der Waals surface area contributed by atoms with E-state index in [-0.39, 0.29) is 35.3 Å². The molecule has 0 saturated carbocycles. The van der Waals surface area contributed by atoms with Gasteiger partial charge in [-0.05, 0) is 45.0 Å². The summed E-state index contributed by atoms with van der Waals surface area (Å²) < 4.78 is 36.8. The highest BCUT2D eigenvalue weighted by molar-refractivity contribution is 5.83. The van der Waals surface area contributed by atoms with E-state index in [1.54, 1.807) is 31.3 Å². The van der Waals surface area contributed by atoms with Crippen LogP contribution in [0.15, 0.2) is 36.7 Å². The van der Waals surface area contributed by atoms with Crippen LogP contribution in [0.25, 0.3) is 22.3 Å². The Bertz CT molecular complexity index is 1470. The number of hydrogen-bond acceptors (Lipinski definition) is 8. The first kappa shape index (κ1) is 24.5. The van der Waals surface area contributed by atoms with Crippen LogP contribution in [0.5, 0.6) is 0 Å². The van der Waals surface area contributed by atoms with Gasteiger partial charge in [0.15, 0.2) is 17.7 Å². The van der Waals surface area contributed by atoms with Gasteiger partial charge >= 0.3 is 5.97 Å². The molecule has 1 saturated heterocycles. The standard InChI is InChI=1S/C25H25F2N7O3/c1-13(2)34-14(3)30-23-17(26)8-15(9-19(23)34)22-18(27)11-29-25(32-22)31-21-5-4-16(10-28-21)33-6-7-37-20(12-33)24(35)36/h4-5,8-11,13,20H,6-7,12H2,1-3H3,(H,35,36)(H,28,29,31,32)/t20-/m1/s1. The van der Waals surface area contributed by atoms with E-state index >= 15 is 0 Å². The van der Waals surface area contributed by atoms with E-state index in [0.29, 0.717) is 30.3 Å². The number of carboxylic acids is 1. The molecule has 37 heavy (non-hydrogen) atoms. The summed E-state index contributed by atoms with van der Waals surface area (Å²) in [5, 5.41) is 12.1. The Morgan fingerprint density at radius 3 is 2.68 bits per heavy atom. The van der Waals surface area contributed by atoms with Gasteiger partial charge in [-0.15, -0.1) is 0 Å². The molecule has 12 heteroatoms. The second-order valence-corrected chi connectivity index (χ2v) is 9.01. The minimum Gasteiger partial charge on any atom is -0.479 e. The van der Waals surface area contributed by atoms with Crippen molar-refractivity contribution in [2.45, 2.75) is 32.9 Å². The Kier molecular flexibility index (Phi) is 6.42. The maximum absolute atomic E-state index is 14.9. The van der Waals surface area contributed by atoms with Crippen molar-refractivity contribution in [3.8, 4) is 11.3 Å². The van der Waals surface area contributed by atoms with Gasteiger partial charge in [0.1, 0.15) is 22.9 Å². The first-order valence-electron chi connectivity index (χ1n) is 11.7. The molecule has 1 atom stereocenters. The number of ether oxygens (including phenoxy) is 1. The predicted octanol–water partition coefficient (Wildman–Crippen LogP) is 4.09. The average Bonchev–Trinajstić information content (AvgIpc) is 3.22. The van der Waals surface area contributed by atoms with E-state index in [4.69, 9.17) is 4.74 Å². The number of aromatic nitrogens is 5. The minimum atomic E-state index is -1.01. The van der Waals surface area contributed by atoms with Gasteiger partial charge in [0.05, 0.1) is 36.7 Å². The molecule has 5 rings (SSSR count). The summed E-state index contributed by atoms with van der Waals surface area (Å²) in [5.41, 5.74) is 1.72. The third-order valence-corrected chi connectivity index (χ3v) is 6.15. The number of rotatable bonds is 6. The summed E-state index contributed by atoms with van der Waals surface area (Å²) in [6, 6.07) is 6.39. The predicted molar refractivity (Wildman–Crippen MR) is 133 cm³/mol. The average molecular weight is 510 g/mol. The molecule has 0 unspecified atom stereocenters. The number of aryl methyl sites for hydroxylation is 1. The molecule has 10 nitrogen and oxygen atoms in total. The molecule has 1 aromatic carbocycles. The summed E-state index contributed by atoms with van der Waals surface area (Å²) in [4.78, 5) is 30.0. The Hall–Kier alpha value is -4.19. The van der Waals surface area contributed by atoms with Crippen LogP contribution in [0, 0.1) is 18.6 Å². The van der Waals surface area contributed by atoms with Gasteiger partial charge in [-0.2, -0.15) is 0 Å². The van der Waals surface area contributed by atoms with Crippen LogP contribution in [0.4, 0.5) is 26.2 Å². The normalized spacial score (nSPS) is 15.9. The largest absolute Gasteiger partial charge is 0.479 e. The molecular weight excluding hydrogens is 484 g/mol. The minimum absolute atomic E-state index is 0.0358. The van der Waals surface area contributed by atoms with E-state index in [0.717, 1.165) is 11.9 Å².